The molecule has 0 bridgehead atoms. The fourth-order valence-electron chi connectivity index (χ4n) is 2.71. The van der Waals surface area contributed by atoms with Gasteiger partial charge in [-0.3, -0.25) is 4.79 Å². The van der Waals surface area contributed by atoms with Gasteiger partial charge >= 0.3 is 0 Å². The fraction of sp³-hybridized carbons (Fsp3) is 0.267. The van der Waals surface area contributed by atoms with Crippen LogP contribution >= 0.6 is 27.3 Å². The van der Waals surface area contributed by atoms with E-state index in [-0.39, 0.29) is 10.5 Å². The maximum atomic E-state index is 14.0. The first-order chi connectivity index (χ1) is 10.1. The van der Waals surface area contributed by atoms with Gasteiger partial charge in [0.15, 0.2) is 0 Å². The second-order valence-electron chi connectivity index (χ2n) is 4.96. The summed E-state index contributed by atoms with van der Waals surface area (Å²) in [7, 11) is 0. The molecule has 110 valence electrons. The Bertz CT molecular complexity index is 651. The SMILES string of the molecule is O=C(c1c(F)cc(Br)cc1F)N1CCCC1c1ccsc1. The fourth-order valence-corrected chi connectivity index (χ4v) is 3.82. The van der Waals surface area contributed by atoms with Gasteiger partial charge in [-0.05, 0) is 47.4 Å². The van der Waals surface area contributed by atoms with Crippen molar-refractivity contribution in [3.05, 3.63) is 56.2 Å². The summed E-state index contributed by atoms with van der Waals surface area (Å²) in [6, 6.07) is 4.10. The van der Waals surface area contributed by atoms with E-state index in [1.807, 2.05) is 16.8 Å². The molecule has 0 aliphatic carbocycles. The topological polar surface area (TPSA) is 20.3 Å². The number of rotatable bonds is 2. The Hall–Kier alpha value is -1.27. The molecule has 1 saturated heterocycles. The Labute approximate surface area is 133 Å². The molecule has 21 heavy (non-hydrogen) atoms. The number of thiophene rings is 1. The molecule has 1 aliphatic rings. The van der Waals surface area contributed by atoms with Crippen molar-refractivity contribution < 1.29 is 13.6 Å². The van der Waals surface area contributed by atoms with Crippen molar-refractivity contribution in [1.29, 1.82) is 0 Å². The van der Waals surface area contributed by atoms with Crippen LogP contribution in [0.2, 0.25) is 0 Å². The summed E-state index contributed by atoms with van der Waals surface area (Å²) in [6.07, 6.45) is 1.66. The van der Waals surface area contributed by atoms with Gasteiger partial charge in [0.05, 0.1) is 6.04 Å². The van der Waals surface area contributed by atoms with Crippen LogP contribution in [0.1, 0.15) is 34.8 Å². The van der Waals surface area contributed by atoms with Crippen LogP contribution in [0.15, 0.2) is 33.4 Å². The van der Waals surface area contributed by atoms with E-state index in [9.17, 15) is 13.6 Å². The molecule has 1 amide bonds. The lowest BCUT2D eigenvalue weighted by molar-refractivity contribution is 0.0726. The van der Waals surface area contributed by atoms with E-state index in [2.05, 4.69) is 15.9 Å². The van der Waals surface area contributed by atoms with Crippen LogP contribution in [0.3, 0.4) is 0 Å². The molecule has 0 radical (unpaired) electrons. The number of nitrogens with zero attached hydrogens (tertiary/aromatic N) is 1. The molecular weight excluding hydrogens is 360 g/mol. The zero-order valence-corrected chi connectivity index (χ0v) is 13.4. The smallest absolute Gasteiger partial charge is 0.260 e. The molecule has 0 saturated carbocycles. The Kier molecular flexibility index (Phi) is 4.08. The summed E-state index contributed by atoms with van der Waals surface area (Å²) in [4.78, 5) is 14.1. The Morgan fingerprint density at radius 3 is 2.67 bits per heavy atom. The van der Waals surface area contributed by atoms with Gasteiger partial charge in [-0.15, -0.1) is 0 Å². The van der Waals surface area contributed by atoms with Gasteiger partial charge in [-0.1, -0.05) is 15.9 Å². The molecule has 1 aromatic heterocycles. The average molecular weight is 372 g/mol. The van der Waals surface area contributed by atoms with Crippen LogP contribution in [-0.4, -0.2) is 17.4 Å². The number of benzene rings is 1. The van der Waals surface area contributed by atoms with Crippen molar-refractivity contribution in [2.24, 2.45) is 0 Å². The number of carbonyl (C=O) groups excluding carboxylic acids is 1. The third kappa shape index (κ3) is 2.74. The monoisotopic (exact) mass is 371 g/mol. The minimum Gasteiger partial charge on any atom is -0.331 e. The van der Waals surface area contributed by atoms with Gasteiger partial charge in [0, 0.05) is 11.0 Å². The van der Waals surface area contributed by atoms with Gasteiger partial charge in [0.1, 0.15) is 17.2 Å². The standard InChI is InChI=1S/C15H12BrF2NOS/c16-10-6-11(17)14(12(18)7-10)15(20)19-4-1-2-13(19)9-3-5-21-8-9/h3,5-8,13H,1-2,4H2. The lowest BCUT2D eigenvalue weighted by atomic mass is 10.1. The first-order valence-electron chi connectivity index (χ1n) is 6.55. The van der Waals surface area contributed by atoms with E-state index in [1.165, 1.54) is 0 Å². The van der Waals surface area contributed by atoms with Gasteiger partial charge < -0.3 is 4.90 Å². The number of halogens is 3. The van der Waals surface area contributed by atoms with E-state index in [0.717, 1.165) is 30.5 Å². The highest BCUT2D eigenvalue weighted by atomic mass is 79.9. The van der Waals surface area contributed by atoms with Crippen molar-refractivity contribution >= 4 is 33.2 Å². The summed E-state index contributed by atoms with van der Waals surface area (Å²) in [5.41, 5.74) is 0.559. The van der Waals surface area contributed by atoms with E-state index in [0.29, 0.717) is 6.54 Å². The van der Waals surface area contributed by atoms with Crippen molar-refractivity contribution in [2.75, 3.05) is 6.54 Å². The number of likely N-dealkylation sites (tertiary alicyclic amines) is 1. The molecule has 1 unspecified atom stereocenters. The van der Waals surface area contributed by atoms with Crippen molar-refractivity contribution in [3.63, 3.8) is 0 Å². The van der Waals surface area contributed by atoms with Crippen LogP contribution in [0.25, 0.3) is 0 Å². The maximum Gasteiger partial charge on any atom is 0.260 e. The third-order valence-electron chi connectivity index (χ3n) is 3.66. The molecule has 0 spiro atoms. The summed E-state index contributed by atoms with van der Waals surface area (Å²) in [6.45, 7) is 0.522. The predicted octanol–water partition coefficient (Wildman–Crippen LogP) is 4.77. The van der Waals surface area contributed by atoms with Gasteiger partial charge in [0.2, 0.25) is 0 Å². The molecule has 0 N–H and O–H groups in total. The van der Waals surface area contributed by atoms with Crippen LogP contribution in [-0.2, 0) is 0 Å². The highest BCUT2D eigenvalue weighted by Crippen LogP contribution is 2.35. The molecule has 1 aromatic carbocycles. The number of hydrogen-bond donors (Lipinski definition) is 0. The zero-order valence-electron chi connectivity index (χ0n) is 11.0. The van der Waals surface area contributed by atoms with Gasteiger partial charge in [0.25, 0.3) is 5.91 Å². The summed E-state index contributed by atoms with van der Waals surface area (Å²) in [5, 5.41) is 3.92. The predicted molar refractivity (Wildman–Crippen MR) is 81.4 cm³/mol. The van der Waals surface area contributed by atoms with E-state index in [1.54, 1.807) is 16.2 Å². The molecule has 2 heterocycles. The zero-order chi connectivity index (χ0) is 15.0. The van der Waals surface area contributed by atoms with Gasteiger partial charge in [-0.25, -0.2) is 8.78 Å². The molecule has 6 heteroatoms. The summed E-state index contributed by atoms with van der Waals surface area (Å²) < 4.78 is 28.2. The number of carbonyl (C=O) groups is 1. The average Bonchev–Trinajstić information content (AvgIpc) is 3.08. The van der Waals surface area contributed by atoms with E-state index >= 15 is 0 Å². The van der Waals surface area contributed by atoms with Crippen molar-refractivity contribution in [3.8, 4) is 0 Å². The first-order valence-corrected chi connectivity index (χ1v) is 8.29. The molecule has 2 aromatic rings. The molecular formula is C15H12BrF2NOS. The Balaban J connectivity index is 1.95. The second-order valence-corrected chi connectivity index (χ2v) is 6.65. The first kappa shape index (κ1) is 14.7. The van der Waals surface area contributed by atoms with E-state index in [4.69, 9.17) is 0 Å². The second kappa shape index (κ2) is 5.85. The minimum atomic E-state index is -0.831. The molecule has 3 rings (SSSR count). The van der Waals surface area contributed by atoms with Gasteiger partial charge in [-0.2, -0.15) is 11.3 Å². The molecule has 1 fully saturated rings. The lowest BCUT2D eigenvalue weighted by Crippen LogP contribution is -2.31. The van der Waals surface area contributed by atoms with E-state index < -0.39 is 23.1 Å². The van der Waals surface area contributed by atoms with Crippen molar-refractivity contribution in [1.82, 2.24) is 4.90 Å². The van der Waals surface area contributed by atoms with Crippen molar-refractivity contribution in [2.45, 2.75) is 18.9 Å². The number of hydrogen-bond acceptors (Lipinski definition) is 2. The normalized spacial score (nSPS) is 18.2. The summed E-state index contributed by atoms with van der Waals surface area (Å²) in [5.74, 6) is -2.24. The number of amides is 1. The molecule has 1 atom stereocenters. The highest BCUT2D eigenvalue weighted by molar-refractivity contribution is 9.10. The van der Waals surface area contributed by atoms with Crippen LogP contribution in [0.4, 0.5) is 8.78 Å². The molecule has 1 aliphatic heterocycles. The van der Waals surface area contributed by atoms with Crippen LogP contribution < -0.4 is 0 Å². The van der Waals surface area contributed by atoms with Crippen LogP contribution in [0.5, 0.6) is 0 Å². The molecule has 2 nitrogen and oxygen atoms in total. The highest BCUT2D eigenvalue weighted by Gasteiger charge is 2.33. The van der Waals surface area contributed by atoms with Crippen LogP contribution in [0, 0.1) is 11.6 Å². The maximum absolute atomic E-state index is 14.0. The summed E-state index contributed by atoms with van der Waals surface area (Å²) >= 11 is 4.57. The third-order valence-corrected chi connectivity index (χ3v) is 4.82. The largest absolute Gasteiger partial charge is 0.331 e. The minimum absolute atomic E-state index is 0.0915. The quantitative estimate of drug-likeness (QED) is 0.744. The lowest BCUT2D eigenvalue weighted by Gasteiger charge is -2.24. The Morgan fingerprint density at radius 2 is 2.05 bits per heavy atom. The Morgan fingerprint density at radius 1 is 1.33 bits per heavy atom.